The van der Waals surface area contributed by atoms with Crippen molar-refractivity contribution in [2.75, 3.05) is 13.2 Å². The molecule has 8 nitrogen and oxygen atoms in total. The van der Waals surface area contributed by atoms with Crippen LogP contribution in [0.5, 0.6) is 0 Å². The van der Waals surface area contributed by atoms with Crippen LogP contribution in [-0.4, -0.2) is 47.3 Å². The van der Waals surface area contributed by atoms with Crippen LogP contribution in [0.25, 0.3) is 0 Å². The maximum absolute atomic E-state index is 11.7. The van der Waals surface area contributed by atoms with E-state index >= 15 is 0 Å². The van der Waals surface area contributed by atoms with E-state index in [1.165, 1.54) is 12.1 Å². The van der Waals surface area contributed by atoms with Gasteiger partial charge in [-0.3, -0.25) is 0 Å². The Balaban J connectivity index is 0.000000400. The van der Waals surface area contributed by atoms with Crippen LogP contribution in [0, 0.1) is 23.7 Å². The first-order valence-corrected chi connectivity index (χ1v) is 13.7. The van der Waals surface area contributed by atoms with Crippen molar-refractivity contribution in [3.05, 3.63) is 69.8 Å². The Labute approximate surface area is 237 Å². The number of benzene rings is 2. The van der Waals surface area contributed by atoms with Gasteiger partial charge in [-0.05, 0) is 84.0 Å². The highest BCUT2D eigenvalue weighted by molar-refractivity contribution is 5.95. The summed E-state index contributed by atoms with van der Waals surface area (Å²) in [6, 6.07) is 9.13. The quantitative estimate of drug-likeness (QED) is 0.274. The van der Waals surface area contributed by atoms with Gasteiger partial charge in [-0.1, -0.05) is 55.4 Å². The fraction of sp³-hybridized carbons (Fsp3) is 0.500. The van der Waals surface area contributed by atoms with Gasteiger partial charge in [-0.15, -0.1) is 0 Å². The minimum Gasteiger partial charge on any atom is -0.478 e. The van der Waals surface area contributed by atoms with Crippen molar-refractivity contribution in [1.82, 2.24) is 0 Å². The molecule has 220 valence electrons. The lowest BCUT2D eigenvalue weighted by Gasteiger charge is -2.18. The Morgan fingerprint density at radius 1 is 0.550 bits per heavy atom. The lowest BCUT2D eigenvalue weighted by molar-refractivity contribution is 0.0445. The van der Waals surface area contributed by atoms with E-state index in [4.69, 9.17) is 9.47 Å². The molecule has 0 aromatic heterocycles. The van der Waals surface area contributed by atoms with Gasteiger partial charge in [-0.2, -0.15) is 0 Å². The lowest BCUT2D eigenvalue weighted by atomic mass is 9.86. The van der Waals surface area contributed by atoms with Crippen molar-refractivity contribution in [1.29, 1.82) is 0 Å². The van der Waals surface area contributed by atoms with Crippen molar-refractivity contribution in [2.45, 2.75) is 68.2 Å². The third-order valence-electron chi connectivity index (χ3n) is 5.57. The Bertz CT molecular complexity index is 1050. The number of carboxylic acid groups (broad SMARTS) is 2. The van der Waals surface area contributed by atoms with Crippen LogP contribution in [0.15, 0.2) is 36.4 Å². The molecule has 40 heavy (non-hydrogen) atoms. The summed E-state index contributed by atoms with van der Waals surface area (Å²) in [4.78, 5) is 46.2. The molecule has 8 heteroatoms. The van der Waals surface area contributed by atoms with Gasteiger partial charge >= 0.3 is 23.9 Å². The molecule has 0 aliphatic carbocycles. The third-order valence-corrected chi connectivity index (χ3v) is 5.57. The van der Waals surface area contributed by atoms with Crippen LogP contribution in [0.4, 0.5) is 0 Å². The molecular weight excluding hydrogens is 512 g/mol. The van der Waals surface area contributed by atoms with E-state index in [1.807, 2.05) is 55.4 Å². The summed E-state index contributed by atoms with van der Waals surface area (Å²) in [7, 11) is 0. The van der Waals surface area contributed by atoms with Crippen molar-refractivity contribution < 1.29 is 38.9 Å². The zero-order chi connectivity index (χ0) is 30.6. The highest BCUT2D eigenvalue weighted by atomic mass is 16.5. The molecule has 0 unspecified atom stereocenters. The molecule has 0 heterocycles. The zero-order valence-electron chi connectivity index (χ0n) is 24.9. The molecule has 2 N–H and O–H groups in total. The second-order valence-corrected chi connectivity index (χ2v) is 11.5. The molecule has 0 amide bonds. The monoisotopic (exact) mass is 556 g/mol. The summed E-state index contributed by atoms with van der Waals surface area (Å²) in [5, 5.41) is 18.6. The number of esters is 2. The third kappa shape index (κ3) is 11.6. The first-order valence-electron chi connectivity index (χ1n) is 13.7. The van der Waals surface area contributed by atoms with E-state index in [-0.39, 0.29) is 34.9 Å². The number of ether oxygens (including phenoxy) is 2. The highest BCUT2D eigenvalue weighted by Crippen LogP contribution is 2.26. The standard InChI is InChI=1S/2C16H22O4/c1-11(2)9-19-15(17)13-5-7-14(8-6-13)16(18)20-10-12(3)4;1-9(2)7-13-11(15(17)18)5-6-12(16(19)20)14(13)8-10(3)4/h5-8,11-12H,9-10H2,1-4H3;5-6,9-10H,7-8H2,1-4H3,(H,17,18)(H,19,20). The van der Waals surface area contributed by atoms with Gasteiger partial charge < -0.3 is 19.7 Å². The van der Waals surface area contributed by atoms with Crippen molar-refractivity contribution in [3.63, 3.8) is 0 Å². The Hall–Kier alpha value is -3.68. The molecular formula is C32H44O8. The van der Waals surface area contributed by atoms with Crippen LogP contribution in [0.2, 0.25) is 0 Å². The second kappa shape index (κ2) is 16.4. The summed E-state index contributed by atoms with van der Waals surface area (Å²) >= 11 is 0. The predicted octanol–water partition coefficient (Wildman–Crippen LogP) is 6.79. The van der Waals surface area contributed by atoms with Gasteiger partial charge in [0.15, 0.2) is 0 Å². The van der Waals surface area contributed by atoms with Crippen molar-refractivity contribution in [3.8, 4) is 0 Å². The number of hydrogen-bond donors (Lipinski definition) is 2. The number of carbonyl (C=O) groups excluding carboxylic acids is 2. The molecule has 2 rings (SSSR count). The molecule has 0 saturated heterocycles. The molecule has 0 fully saturated rings. The van der Waals surface area contributed by atoms with E-state index in [9.17, 15) is 29.4 Å². The summed E-state index contributed by atoms with van der Waals surface area (Å²) in [6.07, 6.45) is 1.15. The Kier molecular flexibility index (Phi) is 14.1. The predicted molar refractivity (Wildman–Crippen MR) is 154 cm³/mol. The van der Waals surface area contributed by atoms with E-state index in [2.05, 4.69) is 0 Å². The molecule has 0 aliphatic heterocycles. The van der Waals surface area contributed by atoms with Gasteiger partial charge in [0, 0.05) is 0 Å². The number of hydrogen-bond acceptors (Lipinski definition) is 6. The van der Waals surface area contributed by atoms with Gasteiger partial charge in [0.05, 0.1) is 35.5 Å². The van der Waals surface area contributed by atoms with E-state index < -0.39 is 11.9 Å². The van der Waals surface area contributed by atoms with Crippen molar-refractivity contribution >= 4 is 23.9 Å². The fourth-order valence-electron chi connectivity index (χ4n) is 3.77. The average molecular weight is 557 g/mol. The first-order chi connectivity index (χ1) is 18.6. The molecule has 2 aromatic rings. The molecule has 0 atom stereocenters. The molecule has 0 radical (unpaired) electrons. The molecule has 0 aliphatic rings. The average Bonchev–Trinajstić information content (AvgIpc) is 2.86. The smallest absolute Gasteiger partial charge is 0.338 e. The molecule has 0 saturated carbocycles. The molecule has 0 spiro atoms. The zero-order valence-corrected chi connectivity index (χ0v) is 24.9. The lowest BCUT2D eigenvalue weighted by Crippen LogP contribution is -2.15. The van der Waals surface area contributed by atoms with Crippen LogP contribution in [-0.2, 0) is 22.3 Å². The summed E-state index contributed by atoms with van der Waals surface area (Å²) in [5.74, 6) is -1.62. The number of aromatic carboxylic acids is 2. The van der Waals surface area contributed by atoms with Crippen LogP contribution >= 0.6 is 0 Å². The Morgan fingerprint density at radius 2 is 0.850 bits per heavy atom. The fourth-order valence-corrected chi connectivity index (χ4v) is 3.77. The van der Waals surface area contributed by atoms with Gasteiger partial charge in [0.1, 0.15) is 0 Å². The minimum atomic E-state index is -0.998. The number of rotatable bonds is 12. The first kappa shape index (κ1) is 34.3. The summed E-state index contributed by atoms with van der Waals surface area (Å²) in [5.41, 5.74) is 2.65. The summed E-state index contributed by atoms with van der Waals surface area (Å²) < 4.78 is 10.2. The number of carboxylic acids is 2. The van der Waals surface area contributed by atoms with Crippen molar-refractivity contribution in [2.24, 2.45) is 23.7 Å². The van der Waals surface area contributed by atoms with Crippen LogP contribution < -0.4 is 0 Å². The molecule has 0 bridgehead atoms. The maximum atomic E-state index is 11.7. The van der Waals surface area contributed by atoms with Crippen LogP contribution in [0.3, 0.4) is 0 Å². The maximum Gasteiger partial charge on any atom is 0.338 e. The topological polar surface area (TPSA) is 127 Å². The second-order valence-electron chi connectivity index (χ2n) is 11.5. The van der Waals surface area contributed by atoms with E-state index in [0.717, 1.165) is 0 Å². The molecule has 2 aromatic carbocycles. The SMILES string of the molecule is CC(C)COC(=O)c1ccc(C(=O)OCC(C)C)cc1.CC(C)Cc1c(C(=O)O)ccc(C(=O)O)c1CC(C)C. The summed E-state index contributed by atoms with van der Waals surface area (Å²) in [6.45, 7) is 16.7. The Morgan fingerprint density at radius 3 is 1.07 bits per heavy atom. The van der Waals surface area contributed by atoms with Gasteiger partial charge in [0.25, 0.3) is 0 Å². The van der Waals surface area contributed by atoms with E-state index in [1.54, 1.807) is 24.3 Å². The van der Waals surface area contributed by atoms with Gasteiger partial charge in [-0.25, -0.2) is 19.2 Å². The van der Waals surface area contributed by atoms with Gasteiger partial charge in [0.2, 0.25) is 0 Å². The van der Waals surface area contributed by atoms with Crippen LogP contribution in [0.1, 0.15) is 108 Å². The minimum absolute atomic E-state index is 0.222. The highest BCUT2D eigenvalue weighted by Gasteiger charge is 2.22. The van der Waals surface area contributed by atoms with E-state index in [0.29, 0.717) is 60.1 Å². The normalized spacial score (nSPS) is 10.9. The largest absolute Gasteiger partial charge is 0.478 e. The number of carbonyl (C=O) groups is 4.